The molecule has 0 radical (unpaired) electrons. The summed E-state index contributed by atoms with van der Waals surface area (Å²) < 4.78 is 0. The number of fused-ring (bicyclic) bond motifs is 1. The first-order chi connectivity index (χ1) is 12.0. The molecule has 2 amide bonds. The lowest BCUT2D eigenvalue weighted by molar-refractivity contribution is 0.0695. The van der Waals surface area contributed by atoms with Crippen molar-refractivity contribution in [3.8, 4) is 0 Å². The van der Waals surface area contributed by atoms with E-state index in [0.29, 0.717) is 23.1 Å². The molecule has 0 saturated carbocycles. The molecule has 130 valence electrons. The zero-order valence-electron chi connectivity index (χ0n) is 13.4. The molecule has 0 saturated heterocycles. The average molecular weight is 343 g/mol. The third-order valence-electron chi connectivity index (χ3n) is 3.08. The van der Waals surface area contributed by atoms with Gasteiger partial charge in [0.25, 0.3) is 5.56 Å². The van der Waals surface area contributed by atoms with Crippen LogP contribution in [0.15, 0.2) is 47.8 Å². The number of pyridine rings is 1. The number of hydrogen-bond donors (Lipinski definition) is 5. The summed E-state index contributed by atoms with van der Waals surface area (Å²) in [5.74, 6) is -1.30. The highest BCUT2D eigenvalue weighted by atomic mass is 16.4. The molecule has 1 aromatic carbocycles. The van der Waals surface area contributed by atoms with Crippen LogP contribution in [-0.4, -0.2) is 38.6 Å². The topological polar surface area (TPSA) is 140 Å². The van der Waals surface area contributed by atoms with Gasteiger partial charge in [0.1, 0.15) is 5.56 Å². The SMILES string of the molecule is CCNC(=O)Nc1ccc2[nH]c(=O)c(C(=O)O)cc2c1.c1c[nH]cn1. The summed E-state index contributed by atoms with van der Waals surface area (Å²) in [5, 5.41) is 14.6. The van der Waals surface area contributed by atoms with Gasteiger partial charge in [-0.2, -0.15) is 0 Å². The number of anilines is 1. The Hall–Kier alpha value is -3.62. The third-order valence-corrected chi connectivity index (χ3v) is 3.08. The number of carboxylic acid groups (broad SMARTS) is 1. The molecular weight excluding hydrogens is 326 g/mol. The molecule has 2 heterocycles. The van der Waals surface area contributed by atoms with Crippen LogP contribution in [0.1, 0.15) is 17.3 Å². The van der Waals surface area contributed by atoms with Gasteiger partial charge in [0.15, 0.2) is 0 Å². The van der Waals surface area contributed by atoms with Gasteiger partial charge >= 0.3 is 12.0 Å². The van der Waals surface area contributed by atoms with Crippen LogP contribution in [0, 0.1) is 0 Å². The number of aromatic nitrogens is 3. The van der Waals surface area contributed by atoms with Crippen LogP contribution in [0.25, 0.3) is 10.9 Å². The summed E-state index contributed by atoms with van der Waals surface area (Å²) in [6.45, 7) is 2.29. The van der Waals surface area contributed by atoms with Crippen LogP contribution in [0.5, 0.6) is 0 Å². The quantitative estimate of drug-likeness (QED) is 0.493. The van der Waals surface area contributed by atoms with E-state index in [0.717, 1.165) is 0 Å². The number of nitrogens with one attached hydrogen (secondary N) is 4. The van der Waals surface area contributed by atoms with Gasteiger partial charge in [-0.05, 0) is 31.2 Å². The fourth-order valence-electron chi connectivity index (χ4n) is 1.99. The van der Waals surface area contributed by atoms with Gasteiger partial charge in [-0.3, -0.25) is 4.79 Å². The van der Waals surface area contributed by atoms with Gasteiger partial charge in [-0.25, -0.2) is 14.6 Å². The molecule has 2 aromatic heterocycles. The van der Waals surface area contributed by atoms with Gasteiger partial charge in [-0.15, -0.1) is 0 Å². The molecule has 0 aliphatic carbocycles. The summed E-state index contributed by atoms with van der Waals surface area (Å²) in [4.78, 5) is 42.7. The first kappa shape index (κ1) is 17.7. The van der Waals surface area contributed by atoms with Crippen molar-refractivity contribution < 1.29 is 14.7 Å². The Morgan fingerprint density at radius 1 is 1.28 bits per heavy atom. The molecule has 9 heteroatoms. The highest BCUT2D eigenvalue weighted by molar-refractivity contribution is 5.95. The standard InChI is InChI=1S/C13H13N3O4.C3H4N2/c1-2-14-13(20)15-8-3-4-10-7(5-8)6-9(12(18)19)11(17)16-10;1-2-5-3-4-1/h3-6H,2H2,1H3,(H,16,17)(H,18,19)(H2,14,15,20);1-3H,(H,4,5). The Balaban J connectivity index is 0.000000386. The number of aromatic amines is 2. The van der Waals surface area contributed by atoms with Crippen molar-refractivity contribution in [3.63, 3.8) is 0 Å². The molecular formula is C16H17N5O4. The monoisotopic (exact) mass is 343 g/mol. The number of benzene rings is 1. The number of urea groups is 1. The number of carbonyl (C=O) groups excluding carboxylic acids is 1. The number of imidazole rings is 1. The van der Waals surface area contributed by atoms with Crippen molar-refractivity contribution in [1.82, 2.24) is 20.3 Å². The summed E-state index contributed by atoms with van der Waals surface area (Å²) >= 11 is 0. The van der Waals surface area contributed by atoms with E-state index in [1.165, 1.54) is 6.07 Å². The molecule has 0 unspecified atom stereocenters. The lowest BCUT2D eigenvalue weighted by atomic mass is 10.1. The maximum Gasteiger partial charge on any atom is 0.341 e. The first-order valence-electron chi connectivity index (χ1n) is 7.39. The van der Waals surface area contributed by atoms with Crippen molar-refractivity contribution in [1.29, 1.82) is 0 Å². The smallest absolute Gasteiger partial charge is 0.341 e. The lowest BCUT2D eigenvalue weighted by Gasteiger charge is -2.07. The van der Waals surface area contributed by atoms with Crippen molar-refractivity contribution in [3.05, 3.63) is 58.9 Å². The second-order valence-electron chi connectivity index (χ2n) is 4.86. The van der Waals surface area contributed by atoms with Crippen molar-refractivity contribution in [2.24, 2.45) is 0 Å². The molecule has 0 aliphatic heterocycles. The van der Waals surface area contributed by atoms with E-state index in [9.17, 15) is 14.4 Å². The van der Waals surface area contributed by atoms with E-state index in [4.69, 9.17) is 5.11 Å². The van der Waals surface area contributed by atoms with E-state index in [1.807, 2.05) is 0 Å². The number of aromatic carboxylic acids is 1. The van der Waals surface area contributed by atoms with Crippen molar-refractivity contribution >= 4 is 28.6 Å². The van der Waals surface area contributed by atoms with Crippen LogP contribution < -0.4 is 16.2 Å². The van der Waals surface area contributed by atoms with Gasteiger partial charge in [0.05, 0.1) is 6.33 Å². The van der Waals surface area contributed by atoms with Gasteiger partial charge < -0.3 is 25.7 Å². The minimum atomic E-state index is -1.30. The second-order valence-corrected chi connectivity index (χ2v) is 4.86. The molecule has 0 fully saturated rings. The van der Waals surface area contributed by atoms with Gasteiger partial charge in [-0.1, -0.05) is 0 Å². The highest BCUT2D eigenvalue weighted by Gasteiger charge is 2.10. The Morgan fingerprint density at radius 2 is 2.08 bits per heavy atom. The van der Waals surface area contributed by atoms with Gasteiger partial charge in [0.2, 0.25) is 0 Å². The highest BCUT2D eigenvalue weighted by Crippen LogP contribution is 2.17. The predicted molar refractivity (Wildman–Crippen MR) is 92.8 cm³/mol. The summed E-state index contributed by atoms with van der Waals surface area (Å²) in [5.41, 5.74) is 0.00961. The Bertz CT molecular complexity index is 901. The first-order valence-corrected chi connectivity index (χ1v) is 7.39. The minimum Gasteiger partial charge on any atom is -0.477 e. The largest absolute Gasteiger partial charge is 0.477 e. The number of nitrogens with zero attached hydrogens (tertiary/aromatic N) is 1. The fraction of sp³-hybridized carbons (Fsp3) is 0.125. The van der Waals surface area contributed by atoms with Crippen LogP contribution in [0.3, 0.4) is 0 Å². The molecule has 25 heavy (non-hydrogen) atoms. The maximum absolute atomic E-state index is 11.5. The Morgan fingerprint density at radius 3 is 2.64 bits per heavy atom. The molecule has 0 bridgehead atoms. The number of rotatable bonds is 3. The van der Waals surface area contributed by atoms with Crippen LogP contribution in [-0.2, 0) is 0 Å². The maximum atomic E-state index is 11.5. The fourth-order valence-corrected chi connectivity index (χ4v) is 1.99. The Labute approximate surface area is 142 Å². The van der Waals surface area contributed by atoms with E-state index < -0.39 is 11.5 Å². The van der Waals surface area contributed by atoms with Crippen LogP contribution >= 0.6 is 0 Å². The van der Waals surface area contributed by atoms with E-state index in [1.54, 1.807) is 43.8 Å². The molecule has 0 atom stereocenters. The average Bonchev–Trinajstić information content (AvgIpc) is 3.14. The van der Waals surface area contributed by atoms with E-state index >= 15 is 0 Å². The zero-order chi connectivity index (χ0) is 18.2. The lowest BCUT2D eigenvalue weighted by Crippen LogP contribution is -2.28. The number of amides is 2. The van der Waals surface area contributed by atoms with Crippen LogP contribution in [0.4, 0.5) is 10.5 Å². The summed E-state index contributed by atoms with van der Waals surface area (Å²) in [7, 11) is 0. The molecule has 0 aliphatic rings. The molecule has 3 rings (SSSR count). The summed E-state index contributed by atoms with van der Waals surface area (Å²) in [6, 6.07) is 5.74. The predicted octanol–water partition coefficient (Wildman–Crippen LogP) is 1.78. The van der Waals surface area contributed by atoms with E-state index in [2.05, 4.69) is 25.6 Å². The molecule has 0 spiro atoms. The molecule has 5 N–H and O–H groups in total. The normalized spacial score (nSPS) is 9.80. The second kappa shape index (κ2) is 8.29. The minimum absolute atomic E-state index is 0.340. The number of H-pyrrole nitrogens is 2. The van der Waals surface area contributed by atoms with Gasteiger partial charge in [0, 0.05) is 35.5 Å². The number of hydrogen-bond acceptors (Lipinski definition) is 4. The Kier molecular flexibility index (Phi) is 5.88. The zero-order valence-corrected chi connectivity index (χ0v) is 13.4. The van der Waals surface area contributed by atoms with Crippen LogP contribution in [0.2, 0.25) is 0 Å². The molecule has 3 aromatic rings. The third kappa shape index (κ3) is 4.93. The van der Waals surface area contributed by atoms with E-state index in [-0.39, 0.29) is 11.6 Å². The number of carbonyl (C=O) groups is 2. The molecule has 9 nitrogen and oxygen atoms in total. The number of carboxylic acids is 1. The summed E-state index contributed by atoms with van der Waals surface area (Å²) in [6.07, 6.45) is 5.08. The van der Waals surface area contributed by atoms with Crippen molar-refractivity contribution in [2.75, 3.05) is 11.9 Å². The van der Waals surface area contributed by atoms with Crippen molar-refractivity contribution in [2.45, 2.75) is 6.92 Å².